The predicted octanol–water partition coefficient (Wildman–Crippen LogP) is 2.07. The second-order valence-corrected chi connectivity index (χ2v) is 7.24. The minimum Gasteiger partial charge on any atom is -0.468 e. The molecule has 0 saturated carbocycles. The number of nitrogens with one attached hydrogen (secondary N) is 1. The van der Waals surface area contributed by atoms with Crippen molar-refractivity contribution >= 4 is 27.5 Å². The summed E-state index contributed by atoms with van der Waals surface area (Å²) >= 11 is 1.46. The lowest BCUT2D eigenvalue weighted by Crippen LogP contribution is -2.26. The van der Waals surface area contributed by atoms with Crippen LogP contribution in [0.1, 0.15) is 5.76 Å². The first-order valence-electron chi connectivity index (χ1n) is 6.03. The van der Waals surface area contributed by atoms with Crippen LogP contribution in [-0.4, -0.2) is 19.9 Å². The summed E-state index contributed by atoms with van der Waals surface area (Å²) in [6, 6.07) is 10.8. The number of hydrogen-bond donors (Lipinski definition) is 2. The quantitative estimate of drug-likeness (QED) is 0.604. The summed E-state index contributed by atoms with van der Waals surface area (Å²) in [5.41, 5.74) is 6.34. The van der Waals surface area contributed by atoms with Gasteiger partial charge < -0.3 is 10.2 Å². The average Bonchev–Trinajstić information content (AvgIpc) is 2.89. The average molecular weight is 312 g/mol. The maximum absolute atomic E-state index is 11.8. The summed E-state index contributed by atoms with van der Waals surface area (Å²) in [4.78, 5) is 0.964. The molecule has 20 heavy (non-hydrogen) atoms. The molecule has 0 unspecified atom stereocenters. The van der Waals surface area contributed by atoms with Crippen LogP contribution in [0.2, 0.25) is 0 Å². The fourth-order valence-corrected chi connectivity index (χ4v) is 3.89. The van der Waals surface area contributed by atoms with Crippen molar-refractivity contribution in [3.8, 4) is 0 Å². The lowest BCUT2D eigenvalue weighted by Gasteiger charge is -2.05. The highest BCUT2D eigenvalue weighted by molar-refractivity contribution is 8.00. The molecule has 0 atom stereocenters. The molecule has 0 radical (unpaired) electrons. The van der Waals surface area contributed by atoms with Gasteiger partial charge in [-0.25, -0.2) is 13.1 Å². The summed E-state index contributed by atoms with van der Waals surface area (Å²) in [5.74, 6) is 1.11. The SMILES string of the molecule is Nc1cccc(SCCS(=O)(=O)NCc2ccco2)c1. The van der Waals surface area contributed by atoms with Crippen LogP contribution in [0.4, 0.5) is 5.69 Å². The molecule has 7 heteroatoms. The minimum atomic E-state index is -3.30. The van der Waals surface area contributed by atoms with Crippen LogP contribution in [0.15, 0.2) is 52.0 Å². The maximum Gasteiger partial charge on any atom is 0.212 e. The van der Waals surface area contributed by atoms with E-state index in [0.29, 0.717) is 17.2 Å². The zero-order chi connectivity index (χ0) is 14.4. The molecule has 108 valence electrons. The van der Waals surface area contributed by atoms with Crippen LogP contribution in [0, 0.1) is 0 Å². The van der Waals surface area contributed by atoms with Crippen molar-refractivity contribution in [2.45, 2.75) is 11.4 Å². The van der Waals surface area contributed by atoms with Gasteiger partial charge in [-0.3, -0.25) is 0 Å². The molecule has 0 spiro atoms. The van der Waals surface area contributed by atoms with Crippen molar-refractivity contribution in [1.82, 2.24) is 4.72 Å². The van der Waals surface area contributed by atoms with Gasteiger partial charge >= 0.3 is 0 Å². The van der Waals surface area contributed by atoms with E-state index in [1.807, 2.05) is 18.2 Å². The zero-order valence-corrected chi connectivity index (χ0v) is 12.4. The van der Waals surface area contributed by atoms with Gasteiger partial charge in [-0.05, 0) is 30.3 Å². The molecule has 0 saturated heterocycles. The topological polar surface area (TPSA) is 85.3 Å². The van der Waals surface area contributed by atoms with Crippen LogP contribution in [0.5, 0.6) is 0 Å². The molecule has 0 aliphatic carbocycles. The standard InChI is InChI=1S/C13H16N2O3S2/c14-11-3-1-5-13(9-11)19-7-8-20(16,17)15-10-12-4-2-6-18-12/h1-6,9,15H,7-8,10,14H2. The molecule has 3 N–H and O–H groups in total. The number of nitrogens with two attached hydrogens (primary N) is 1. The van der Waals surface area contributed by atoms with E-state index in [9.17, 15) is 8.42 Å². The Morgan fingerprint density at radius 3 is 2.80 bits per heavy atom. The monoisotopic (exact) mass is 312 g/mol. The molecule has 0 aliphatic rings. The maximum atomic E-state index is 11.8. The summed E-state index contributed by atoms with van der Waals surface area (Å²) in [6.07, 6.45) is 1.51. The van der Waals surface area contributed by atoms with E-state index in [1.165, 1.54) is 18.0 Å². The van der Waals surface area contributed by atoms with E-state index in [-0.39, 0.29) is 12.3 Å². The van der Waals surface area contributed by atoms with Crippen LogP contribution in [0.3, 0.4) is 0 Å². The normalized spacial score (nSPS) is 11.6. The van der Waals surface area contributed by atoms with Gasteiger partial charge in [-0.1, -0.05) is 6.07 Å². The van der Waals surface area contributed by atoms with Crippen molar-refractivity contribution in [2.75, 3.05) is 17.2 Å². The van der Waals surface area contributed by atoms with Gasteiger partial charge in [-0.2, -0.15) is 0 Å². The second kappa shape index (κ2) is 6.83. The Morgan fingerprint density at radius 1 is 1.25 bits per heavy atom. The zero-order valence-electron chi connectivity index (χ0n) is 10.8. The number of thioether (sulfide) groups is 1. The van der Waals surface area contributed by atoms with Crippen molar-refractivity contribution in [2.24, 2.45) is 0 Å². The highest BCUT2D eigenvalue weighted by Gasteiger charge is 2.10. The van der Waals surface area contributed by atoms with E-state index in [1.54, 1.807) is 18.2 Å². The largest absolute Gasteiger partial charge is 0.468 e. The van der Waals surface area contributed by atoms with Crippen molar-refractivity contribution in [3.63, 3.8) is 0 Å². The van der Waals surface area contributed by atoms with Gasteiger partial charge in [0.2, 0.25) is 10.0 Å². The van der Waals surface area contributed by atoms with Crippen LogP contribution < -0.4 is 10.5 Å². The van der Waals surface area contributed by atoms with Gasteiger partial charge in [0.05, 0.1) is 18.6 Å². The number of sulfonamides is 1. The Hall–Kier alpha value is -1.44. The van der Waals surface area contributed by atoms with Gasteiger partial charge in [-0.15, -0.1) is 11.8 Å². The van der Waals surface area contributed by atoms with E-state index < -0.39 is 10.0 Å². The molecule has 0 amide bonds. The molecule has 0 aliphatic heterocycles. The number of nitrogen functional groups attached to an aromatic ring is 1. The lowest BCUT2D eigenvalue weighted by atomic mass is 10.3. The smallest absolute Gasteiger partial charge is 0.212 e. The molecule has 1 aromatic carbocycles. The minimum absolute atomic E-state index is 0.0488. The summed E-state index contributed by atoms with van der Waals surface area (Å²) in [6.45, 7) is 0.179. The van der Waals surface area contributed by atoms with Crippen LogP contribution in [-0.2, 0) is 16.6 Å². The Kier molecular flexibility index (Phi) is 5.11. The van der Waals surface area contributed by atoms with Gasteiger partial charge in [0.15, 0.2) is 0 Å². The molecule has 0 bridgehead atoms. The number of hydrogen-bond acceptors (Lipinski definition) is 5. The number of benzene rings is 1. The third kappa shape index (κ3) is 4.92. The third-order valence-corrected chi connectivity index (χ3v) is 5.10. The predicted molar refractivity (Wildman–Crippen MR) is 80.9 cm³/mol. The molecule has 2 rings (SSSR count). The van der Waals surface area contributed by atoms with E-state index in [0.717, 1.165) is 4.90 Å². The number of furan rings is 1. The highest BCUT2D eigenvalue weighted by Crippen LogP contribution is 2.20. The first-order chi connectivity index (χ1) is 9.55. The van der Waals surface area contributed by atoms with Gasteiger partial charge in [0, 0.05) is 16.3 Å². The van der Waals surface area contributed by atoms with Gasteiger partial charge in [0.1, 0.15) is 5.76 Å². The van der Waals surface area contributed by atoms with E-state index in [2.05, 4.69) is 4.72 Å². The first kappa shape index (κ1) is 15.0. The van der Waals surface area contributed by atoms with E-state index >= 15 is 0 Å². The molecular formula is C13H16N2O3S2. The van der Waals surface area contributed by atoms with Crippen LogP contribution in [0.25, 0.3) is 0 Å². The first-order valence-corrected chi connectivity index (χ1v) is 8.67. The Morgan fingerprint density at radius 2 is 2.10 bits per heavy atom. The molecule has 1 heterocycles. The number of anilines is 1. The Balaban J connectivity index is 1.77. The number of rotatable bonds is 7. The highest BCUT2D eigenvalue weighted by atomic mass is 32.2. The Bertz CT molecular complexity index is 639. The van der Waals surface area contributed by atoms with Gasteiger partial charge in [0.25, 0.3) is 0 Å². The van der Waals surface area contributed by atoms with Crippen molar-refractivity contribution in [3.05, 3.63) is 48.4 Å². The fourth-order valence-electron chi connectivity index (χ4n) is 1.54. The summed E-state index contributed by atoms with van der Waals surface area (Å²) in [7, 11) is -3.30. The summed E-state index contributed by atoms with van der Waals surface area (Å²) in [5, 5.41) is 0. The molecule has 1 aromatic heterocycles. The van der Waals surface area contributed by atoms with Crippen LogP contribution >= 0.6 is 11.8 Å². The second-order valence-electron chi connectivity index (χ2n) is 4.14. The molecule has 2 aromatic rings. The molecule has 0 fully saturated rings. The summed E-state index contributed by atoms with van der Waals surface area (Å²) < 4.78 is 31.2. The van der Waals surface area contributed by atoms with E-state index in [4.69, 9.17) is 10.2 Å². The van der Waals surface area contributed by atoms with Crippen molar-refractivity contribution < 1.29 is 12.8 Å². The third-order valence-electron chi connectivity index (χ3n) is 2.53. The molecule has 5 nitrogen and oxygen atoms in total. The fraction of sp³-hybridized carbons (Fsp3) is 0.231. The van der Waals surface area contributed by atoms with Crippen molar-refractivity contribution in [1.29, 1.82) is 0 Å². The molecular weight excluding hydrogens is 296 g/mol. The lowest BCUT2D eigenvalue weighted by molar-refractivity contribution is 0.499. The Labute approximate surface area is 122 Å².